The Morgan fingerprint density at radius 3 is 2.41 bits per heavy atom. The number of ketones is 1. The molecule has 1 saturated heterocycles. The first-order chi connectivity index (χ1) is 10.2. The first-order valence-corrected chi connectivity index (χ1v) is 7.74. The van der Waals surface area contributed by atoms with Crippen LogP contribution in [0.3, 0.4) is 0 Å². The normalized spacial score (nSPS) is 18.3. The maximum atomic E-state index is 12.7. The van der Waals surface area contributed by atoms with E-state index in [1.807, 2.05) is 0 Å². The predicted molar refractivity (Wildman–Crippen MR) is 74.7 cm³/mol. The smallest absolute Gasteiger partial charge is 0.380 e. The summed E-state index contributed by atoms with van der Waals surface area (Å²) in [5.74, 6) is -0.499. The first-order valence-electron chi connectivity index (χ1n) is 6.86. The largest absolute Gasteiger partial charge is 0.417 e. The van der Waals surface area contributed by atoms with Gasteiger partial charge in [-0.05, 0) is 11.4 Å². The Kier molecular flexibility index (Phi) is 4.91. The highest BCUT2D eigenvalue weighted by molar-refractivity contribution is 7.12. The average Bonchev–Trinajstić information content (AvgIpc) is 2.98. The minimum atomic E-state index is -4.68. The Labute approximate surface area is 129 Å². The summed E-state index contributed by atoms with van der Waals surface area (Å²) in [5.41, 5.74) is -2.71. The van der Waals surface area contributed by atoms with Crippen LogP contribution in [0.5, 0.6) is 0 Å². The minimum Gasteiger partial charge on any atom is -0.380 e. The average molecular weight is 335 g/mol. The third kappa shape index (κ3) is 3.67. The summed E-state index contributed by atoms with van der Waals surface area (Å²) < 4.78 is 38.0. The van der Waals surface area contributed by atoms with Crippen molar-refractivity contribution in [2.45, 2.75) is 37.5 Å². The molecular formula is C14H16F3NO3S. The number of thiophene rings is 1. The van der Waals surface area contributed by atoms with Crippen LogP contribution in [0.1, 0.15) is 35.4 Å². The lowest BCUT2D eigenvalue weighted by Crippen LogP contribution is -2.54. The van der Waals surface area contributed by atoms with E-state index in [9.17, 15) is 27.9 Å². The van der Waals surface area contributed by atoms with E-state index >= 15 is 0 Å². The molecule has 0 radical (unpaired) electrons. The van der Waals surface area contributed by atoms with Crippen LogP contribution in [0.25, 0.3) is 0 Å². The van der Waals surface area contributed by atoms with Gasteiger partial charge < -0.3 is 10.0 Å². The van der Waals surface area contributed by atoms with Crippen molar-refractivity contribution >= 4 is 23.0 Å². The van der Waals surface area contributed by atoms with Crippen molar-refractivity contribution in [2.24, 2.45) is 0 Å². The van der Waals surface area contributed by atoms with E-state index in [1.54, 1.807) is 17.5 Å². The Morgan fingerprint density at radius 2 is 1.91 bits per heavy atom. The van der Waals surface area contributed by atoms with Gasteiger partial charge >= 0.3 is 6.18 Å². The zero-order valence-electron chi connectivity index (χ0n) is 11.7. The second kappa shape index (κ2) is 6.37. The number of hydrogen-bond donors (Lipinski definition) is 1. The highest BCUT2D eigenvalue weighted by atomic mass is 32.1. The number of alkyl halides is 3. The molecule has 1 aromatic heterocycles. The molecule has 0 saturated carbocycles. The fourth-order valence-electron chi connectivity index (χ4n) is 2.35. The monoisotopic (exact) mass is 335 g/mol. The van der Waals surface area contributed by atoms with E-state index in [2.05, 4.69) is 0 Å². The third-order valence-corrected chi connectivity index (χ3v) is 4.74. The molecule has 2 rings (SSSR count). The van der Waals surface area contributed by atoms with Gasteiger partial charge in [0.2, 0.25) is 5.91 Å². The minimum absolute atomic E-state index is 0.0266. The van der Waals surface area contributed by atoms with Crippen LogP contribution in [0.4, 0.5) is 13.2 Å². The highest BCUT2D eigenvalue weighted by Crippen LogP contribution is 2.38. The van der Waals surface area contributed by atoms with E-state index < -0.39 is 24.6 Å². The molecule has 0 aromatic carbocycles. The number of likely N-dealkylation sites (tertiary alicyclic amines) is 1. The molecule has 8 heteroatoms. The Balaban J connectivity index is 1.82. The van der Waals surface area contributed by atoms with Gasteiger partial charge in [-0.3, -0.25) is 9.59 Å². The number of halogens is 3. The molecule has 4 nitrogen and oxygen atoms in total. The van der Waals surface area contributed by atoms with Gasteiger partial charge in [0.05, 0.1) is 4.88 Å². The van der Waals surface area contributed by atoms with E-state index in [-0.39, 0.29) is 37.6 Å². The lowest BCUT2D eigenvalue weighted by atomic mass is 9.90. The zero-order valence-corrected chi connectivity index (χ0v) is 12.5. The summed E-state index contributed by atoms with van der Waals surface area (Å²) in [4.78, 5) is 25.6. The van der Waals surface area contributed by atoms with E-state index in [1.165, 1.54) is 16.2 Å². The SMILES string of the molecule is O=C(CCC(=O)N1CCC(O)(C(F)(F)F)CC1)c1cccs1. The number of Topliss-reactive ketones (excluding diaryl/α,β-unsaturated/α-hetero) is 1. The maximum Gasteiger partial charge on any atom is 0.417 e. The van der Waals surface area contributed by atoms with Crippen molar-refractivity contribution in [1.29, 1.82) is 0 Å². The quantitative estimate of drug-likeness (QED) is 0.861. The second-order valence-corrected chi connectivity index (χ2v) is 6.26. The molecule has 1 fully saturated rings. The summed E-state index contributed by atoms with van der Waals surface area (Å²) in [6.07, 6.45) is -5.72. The molecule has 1 aromatic rings. The summed E-state index contributed by atoms with van der Waals surface area (Å²) in [6, 6.07) is 3.41. The number of amides is 1. The van der Waals surface area contributed by atoms with Crippen LogP contribution in [-0.4, -0.2) is 46.6 Å². The highest BCUT2D eigenvalue weighted by Gasteiger charge is 2.54. The van der Waals surface area contributed by atoms with Crippen molar-refractivity contribution in [3.8, 4) is 0 Å². The van der Waals surface area contributed by atoms with Gasteiger partial charge in [-0.1, -0.05) is 6.07 Å². The Morgan fingerprint density at radius 1 is 1.27 bits per heavy atom. The summed E-state index contributed by atoms with van der Waals surface area (Å²) in [7, 11) is 0. The van der Waals surface area contributed by atoms with Crippen LogP contribution < -0.4 is 0 Å². The number of carbonyl (C=O) groups excluding carboxylic acids is 2. The van der Waals surface area contributed by atoms with Crippen molar-refractivity contribution in [3.63, 3.8) is 0 Å². The molecule has 0 bridgehead atoms. The van der Waals surface area contributed by atoms with Crippen molar-refractivity contribution in [3.05, 3.63) is 22.4 Å². The lowest BCUT2D eigenvalue weighted by Gasteiger charge is -2.39. The van der Waals surface area contributed by atoms with Crippen LogP contribution >= 0.6 is 11.3 Å². The number of rotatable bonds is 4. The Hall–Kier alpha value is -1.41. The van der Waals surface area contributed by atoms with Gasteiger partial charge in [-0.2, -0.15) is 13.2 Å². The summed E-state index contributed by atoms with van der Waals surface area (Å²) >= 11 is 1.29. The van der Waals surface area contributed by atoms with Crippen molar-refractivity contribution in [2.75, 3.05) is 13.1 Å². The zero-order chi connectivity index (χ0) is 16.4. The molecule has 0 spiro atoms. The molecule has 1 N–H and O–H groups in total. The molecule has 0 aliphatic carbocycles. The number of carbonyl (C=O) groups is 2. The summed E-state index contributed by atoms with van der Waals surface area (Å²) in [6.45, 7) is -0.302. The number of piperidine rings is 1. The first kappa shape index (κ1) is 17.0. The molecule has 1 aliphatic heterocycles. The van der Waals surface area contributed by atoms with Gasteiger partial charge in [-0.15, -0.1) is 11.3 Å². The maximum absolute atomic E-state index is 12.7. The third-order valence-electron chi connectivity index (χ3n) is 3.83. The molecule has 2 heterocycles. The van der Waals surface area contributed by atoms with Gasteiger partial charge in [0.15, 0.2) is 11.4 Å². The van der Waals surface area contributed by atoms with Gasteiger partial charge in [0, 0.05) is 38.8 Å². The fourth-order valence-corrected chi connectivity index (χ4v) is 3.04. The van der Waals surface area contributed by atoms with Crippen molar-refractivity contribution < 1.29 is 27.9 Å². The topological polar surface area (TPSA) is 57.6 Å². The van der Waals surface area contributed by atoms with Crippen LogP contribution in [0.15, 0.2) is 17.5 Å². The Bertz CT molecular complexity index is 534. The predicted octanol–water partition coefficient (Wildman–Crippen LogP) is 2.63. The summed E-state index contributed by atoms with van der Waals surface area (Å²) in [5, 5.41) is 11.3. The van der Waals surface area contributed by atoms with Gasteiger partial charge in [0.1, 0.15) is 0 Å². The molecule has 22 heavy (non-hydrogen) atoms. The molecule has 1 aliphatic rings. The van der Waals surface area contributed by atoms with E-state index in [0.29, 0.717) is 4.88 Å². The lowest BCUT2D eigenvalue weighted by molar-refractivity contribution is -0.272. The van der Waals surface area contributed by atoms with Gasteiger partial charge in [-0.25, -0.2) is 0 Å². The van der Waals surface area contributed by atoms with Crippen LogP contribution in [0.2, 0.25) is 0 Å². The molecule has 1 amide bonds. The molecule has 122 valence electrons. The fraction of sp³-hybridized carbons (Fsp3) is 0.571. The number of hydrogen-bond acceptors (Lipinski definition) is 4. The van der Waals surface area contributed by atoms with E-state index in [4.69, 9.17) is 0 Å². The molecule has 0 unspecified atom stereocenters. The van der Waals surface area contributed by atoms with Gasteiger partial charge in [0.25, 0.3) is 0 Å². The second-order valence-electron chi connectivity index (χ2n) is 5.31. The van der Waals surface area contributed by atoms with Crippen LogP contribution in [-0.2, 0) is 4.79 Å². The van der Waals surface area contributed by atoms with Crippen molar-refractivity contribution in [1.82, 2.24) is 4.90 Å². The molecule has 0 atom stereocenters. The van der Waals surface area contributed by atoms with Crippen LogP contribution in [0, 0.1) is 0 Å². The standard InChI is InChI=1S/C14H16F3NO3S/c15-14(16,17)13(21)5-7-18(8-6-13)12(20)4-3-10(19)11-2-1-9-22-11/h1-2,9,21H,3-8H2. The number of aliphatic hydroxyl groups is 1. The number of nitrogens with zero attached hydrogens (tertiary/aromatic N) is 1. The molecular weight excluding hydrogens is 319 g/mol. The van der Waals surface area contributed by atoms with E-state index in [0.717, 1.165) is 0 Å².